The van der Waals surface area contributed by atoms with Crippen molar-refractivity contribution in [1.29, 1.82) is 0 Å². The maximum atomic E-state index is 13.1. The first-order chi connectivity index (χ1) is 10.9. The van der Waals surface area contributed by atoms with Crippen molar-refractivity contribution in [3.8, 4) is 0 Å². The van der Waals surface area contributed by atoms with Gasteiger partial charge in [0.15, 0.2) is 11.6 Å². The number of rotatable bonds is 5. The molecular weight excluding hydrogens is 308 g/mol. The van der Waals surface area contributed by atoms with Crippen LogP contribution in [0.15, 0.2) is 18.2 Å². The van der Waals surface area contributed by atoms with Gasteiger partial charge in [-0.25, -0.2) is 8.78 Å². The van der Waals surface area contributed by atoms with Crippen LogP contribution in [0.4, 0.5) is 8.78 Å². The van der Waals surface area contributed by atoms with Gasteiger partial charge in [0.2, 0.25) is 11.8 Å². The molecule has 8 heteroatoms. The predicted molar refractivity (Wildman–Crippen MR) is 77.2 cm³/mol. The number of hydrogen-bond acceptors (Lipinski definition) is 3. The molecule has 0 spiro atoms. The maximum absolute atomic E-state index is 13.1. The first-order valence-electron chi connectivity index (χ1n) is 7.22. The third-order valence-electron chi connectivity index (χ3n) is 3.71. The molecule has 3 N–H and O–H groups in total. The maximum Gasteiger partial charge on any atom is 0.251 e. The molecule has 1 aliphatic heterocycles. The second-order valence-electron chi connectivity index (χ2n) is 5.28. The van der Waals surface area contributed by atoms with E-state index in [-0.39, 0.29) is 24.4 Å². The van der Waals surface area contributed by atoms with Gasteiger partial charge in [0.05, 0.1) is 0 Å². The third kappa shape index (κ3) is 4.02. The van der Waals surface area contributed by atoms with Crippen molar-refractivity contribution in [3.63, 3.8) is 0 Å². The number of nitrogens with one attached hydrogen (secondary N) is 1. The minimum absolute atomic E-state index is 0.000797. The normalized spacial score (nSPS) is 17.1. The van der Waals surface area contributed by atoms with Crippen LogP contribution in [0.3, 0.4) is 0 Å². The van der Waals surface area contributed by atoms with Crippen molar-refractivity contribution in [2.24, 2.45) is 5.73 Å². The Morgan fingerprint density at radius 2 is 2.00 bits per heavy atom. The molecule has 23 heavy (non-hydrogen) atoms. The molecule has 1 aromatic rings. The molecule has 0 saturated carbocycles. The second kappa shape index (κ2) is 7.17. The predicted octanol–water partition coefficient (Wildman–Crippen LogP) is 0.561. The molecule has 3 amide bonds. The summed E-state index contributed by atoms with van der Waals surface area (Å²) in [6, 6.07) is 2.20. The first-order valence-corrected chi connectivity index (χ1v) is 7.22. The van der Waals surface area contributed by atoms with Crippen molar-refractivity contribution in [2.75, 3.05) is 13.1 Å². The van der Waals surface area contributed by atoms with E-state index in [0.29, 0.717) is 19.4 Å². The van der Waals surface area contributed by atoms with Gasteiger partial charge in [0.25, 0.3) is 5.91 Å². The molecule has 1 aromatic carbocycles. The van der Waals surface area contributed by atoms with Gasteiger partial charge in [-0.2, -0.15) is 0 Å². The van der Waals surface area contributed by atoms with Crippen molar-refractivity contribution in [1.82, 2.24) is 10.2 Å². The van der Waals surface area contributed by atoms with Crippen LogP contribution >= 0.6 is 0 Å². The zero-order chi connectivity index (χ0) is 17.0. The Balaban J connectivity index is 1.84. The summed E-state index contributed by atoms with van der Waals surface area (Å²) in [6.07, 6.45) is 1.25. The van der Waals surface area contributed by atoms with Gasteiger partial charge in [-0.05, 0) is 31.0 Å². The van der Waals surface area contributed by atoms with Gasteiger partial charge in [-0.1, -0.05) is 0 Å². The standard InChI is InChI=1S/C15H17F2N3O3/c16-10-4-3-9(8-11(10)17)15(23)19-6-5-13(21)20-7-1-2-12(20)14(18)22/h3-4,8,12H,1-2,5-7H2,(H2,18,22)(H,19,23). The van der Waals surface area contributed by atoms with Crippen molar-refractivity contribution in [3.05, 3.63) is 35.4 Å². The summed E-state index contributed by atoms with van der Waals surface area (Å²) < 4.78 is 25.9. The molecule has 1 saturated heterocycles. The van der Waals surface area contributed by atoms with Crippen LogP contribution in [0.1, 0.15) is 29.6 Å². The molecule has 1 aliphatic rings. The fourth-order valence-corrected chi connectivity index (χ4v) is 2.53. The monoisotopic (exact) mass is 325 g/mol. The molecule has 6 nitrogen and oxygen atoms in total. The van der Waals surface area contributed by atoms with E-state index < -0.39 is 29.5 Å². The number of amides is 3. The smallest absolute Gasteiger partial charge is 0.251 e. The minimum atomic E-state index is -1.12. The van der Waals surface area contributed by atoms with Crippen LogP contribution in [-0.4, -0.2) is 41.8 Å². The number of carbonyl (C=O) groups excluding carboxylic acids is 3. The lowest BCUT2D eigenvalue weighted by Gasteiger charge is -2.22. The molecule has 2 rings (SSSR count). The molecule has 1 heterocycles. The number of halogens is 2. The molecule has 1 fully saturated rings. The number of primary amides is 1. The number of benzene rings is 1. The Bertz CT molecular complexity index is 636. The Morgan fingerprint density at radius 3 is 2.65 bits per heavy atom. The average Bonchev–Trinajstić information content (AvgIpc) is 2.99. The van der Waals surface area contributed by atoms with Crippen LogP contribution in [0.2, 0.25) is 0 Å². The Morgan fingerprint density at radius 1 is 1.26 bits per heavy atom. The summed E-state index contributed by atoms with van der Waals surface area (Å²) >= 11 is 0. The summed E-state index contributed by atoms with van der Waals surface area (Å²) in [5.41, 5.74) is 5.20. The number of hydrogen-bond donors (Lipinski definition) is 2. The molecule has 1 unspecified atom stereocenters. The van der Waals surface area contributed by atoms with E-state index in [9.17, 15) is 23.2 Å². The molecule has 0 radical (unpaired) electrons. The largest absolute Gasteiger partial charge is 0.368 e. The van der Waals surface area contributed by atoms with E-state index in [4.69, 9.17) is 5.73 Å². The third-order valence-corrected chi connectivity index (χ3v) is 3.71. The van der Waals surface area contributed by atoms with Crippen LogP contribution in [0.25, 0.3) is 0 Å². The van der Waals surface area contributed by atoms with Crippen molar-refractivity contribution >= 4 is 17.7 Å². The summed E-state index contributed by atoms with van der Waals surface area (Å²) in [5, 5.41) is 2.45. The number of carbonyl (C=O) groups is 3. The molecule has 1 atom stereocenters. The van der Waals surface area contributed by atoms with E-state index >= 15 is 0 Å². The molecular formula is C15H17F2N3O3. The summed E-state index contributed by atoms with van der Waals surface area (Å²) in [6.45, 7) is 0.488. The highest BCUT2D eigenvalue weighted by Crippen LogP contribution is 2.17. The molecule has 0 aliphatic carbocycles. The van der Waals surface area contributed by atoms with Crippen LogP contribution < -0.4 is 11.1 Å². The molecule has 124 valence electrons. The lowest BCUT2D eigenvalue weighted by molar-refractivity contribution is -0.137. The quantitative estimate of drug-likeness (QED) is 0.828. The van der Waals surface area contributed by atoms with Gasteiger partial charge in [-0.3, -0.25) is 14.4 Å². The van der Waals surface area contributed by atoms with Crippen molar-refractivity contribution in [2.45, 2.75) is 25.3 Å². The fraction of sp³-hybridized carbons (Fsp3) is 0.400. The van der Waals surface area contributed by atoms with Crippen LogP contribution in [0, 0.1) is 11.6 Å². The fourth-order valence-electron chi connectivity index (χ4n) is 2.53. The van der Waals surface area contributed by atoms with Crippen LogP contribution in [0.5, 0.6) is 0 Å². The van der Waals surface area contributed by atoms with E-state index in [2.05, 4.69) is 5.32 Å². The summed E-state index contributed by atoms with van der Waals surface area (Å²) in [7, 11) is 0. The van der Waals surface area contributed by atoms with E-state index in [1.807, 2.05) is 0 Å². The van der Waals surface area contributed by atoms with Gasteiger partial charge in [-0.15, -0.1) is 0 Å². The zero-order valence-corrected chi connectivity index (χ0v) is 12.4. The zero-order valence-electron chi connectivity index (χ0n) is 12.4. The van der Waals surface area contributed by atoms with E-state index in [1.54, 1.807) is 0 Å². The highest BCUT2D eigenvalue weighted by molar-refractivity contribution is 5.94. The van der Waals surface area contributed by atoms with Gasteiger partial charge in [0.1, 0.15) is 6.04 Å². The van der Waals surface area contributed by atoms with E-state index in [1.165, 1.54) is 4.90 Å². The van der Waals surface area contributed by atoms with Gasteiger partial charge >= 0.3 is 0 Å². The molecule has 0 aromatic heterocycles. The average molecular weight is 325 g/mol. The van der Waals surface area contributed by atoms with Crippen molar-refractivity contribution < 1.29 is 23.2 Å². The Labute approximate surface area is 131 Å². The van der Waals surface area contributed by atoms with Gasteiger partial charge in [0, 0.05) is 25.1 Å². The SMILES string of the molecule is NC(=O)C1CCCN1C(=O)CCNC(=O)c1ccc(F)c(F)c1. The Hall–Kier alpha value is -2.51. The summed E-state index contributed by atoms with van der Waals surface area (Å²) in [4.78, 5) is 36.5. The minimum Gasteiger partial charge on any atom is -0.368 e. The lowest BCUT2D eigenvalue weighted by Crippen LogP contribution is -2.44. The topological polar surface area (TPSA) is 92.5 Å². The highest BCUT2D eigenvalue weighted by Gasteiger charge is 2.32. The van der Waals surface area contributed by atoms with E-state index in [0.717, 1.165) is 18.2 Å². The van der Waals surface area contributed by atoms with Crippen LogP contribution in [-0.2, 0) is 9.59 Å². The Kier molecular flexibility index (Phi) is 5.25. The lowest BCUT2D eigenvalue weighted by atomic mass is 10.2. The van der Waals surface area contributed by atoms with Gasteiger partial charge < -0.3 is 16.0 Å². The number of nitrogens with zero attached hydrogens (tertiary/aromatic N) is 1. The highest BCUT2D eigenvalue weighted by atomic mass is 19.2. The summed E-state index contributed by atoms with van der Waals surface area (Å²) in [5.74, 6) is -3.58. The second-order valence-corrected chi connectivity index (χ2v) is 5.28. The number of nitrogens with two attached hydrogens (primary N) is 1. The first kappa shape index (κ1) is 16.9. The number of likely N-dealkylation sites (tertiary alicyclic amines) is 1. The molecule has 0 bridgehead atoms.